The lowest BCUT2D eigenvalue weighted by atomic mass is 10.2. The first-order valence-corrected chi connectivity index (χ1v) is 11.0. The highest BCUT2D eigenvalue weighted by Gasteiger charge is 2.19. The largest absolute Gasteiger partial charge is 0.497 e. The molecule has 4 aromatic rings. The summed E-state index contributed by atoms with van der Waals surface area (Å²) in [5, 5.41) is 3.92. The van der Waals surface area contributed by atoms with Crippen molar-refractivity contribution in [2.45, 2.75) is 5.16 Å². The van der Waals surface area contributed by atoms with Crippen LogP contribution < -0.4 is 15.6 Å². The van der Waals surface area contributed by atoms with Crippen molar-refractivity contribution in [1.29, 1.82) is 0 Å². The van der Waals surface area contributed by atoms with Gasteiger partial charge in [0, 0.05) is 19.5 Å². The Morgan fingerprint density at radius 1 is 1.09 bits per heavy atom. The van der Waals surface area contributed by atoms with Crippen LogP contribution in [0.25, 0.3) is 21.9 Å². The quantitative estimate of drug-likeness (QED) is 0.265. The van der Waals surface area contributed by atoms with Gasteiger partial charge in [-0.1, -0.05) is 23.9 Å². The molecule has 0 unspecified atom stereocenters. The van der Waals surface area contributed by atoms with Crippen LogP contribution >= 0.6 is 11.8 Å². The minimum atomic E-state index is -0.542. The van der Waals surface area contributed by atoms with Crippen molar-refractivity contribution in [2.75, 3.05) is 25.3 Å². The minimum Gasteiger partial charge on any atom is -0.497 e. The number of aromatic nitrogens is 3. The number of esters is 1. The Kier molecular flexibility index (Phi) is 6.10. The number of hydrogen-bond donors (Lipinski definition) is 1. The Labute approximate surface area is 193 Å². The van der Waals surface area contributed by atoms with Gasteiger partial charge in [-0.25, -0.2) is 9.78 Å². The molecule has 0 aliphatic carbocycles. The normalized spacial score (nSPS) is 11.0. The Balaban J connectivity index is 1.64. The first-order chi connectivity index (χ1) is 15.8. The second-order valence-electron chi connectivity index (χ2n) is 7.27. The lowest BCUT2D eigenvalue weighted by Gasteiger charge is -2.10. The summed E-state index contributed by atoms with van der Waals surface area (Å²) in [4.78, 5) is 42.3. The fourth-order valence-corrected chi connectivity index (χ4v) is 4.40. The van der Waals surface area contributed by atoms with Crippen molar-refractivity contribution in [2.24, 2.45) is 14.1 Å². The molecule has 0 saturated carbocycles. The molecule has 0 aliphatic rings. The number of aryl methyl sites for hydroxylation is 1. The number of thioether (sulfide) groups is 1. The van der Waals surface area contributed by atoms with Crippen LogP contribution in [0.5, 0.6) is 5.75 Å². The highest BCUT2D eigenvalue weighted by Crippen LogP contribution is 2.29. The fourth-order valence-electron chi connectivity index (χ4n) is 3.63. The average molecular weight is 467 g/mol. The number of anilines is 1. The molecule has 2 aromatic carbocycles. The van der Waals surface area contributed by atoms with Gasteiger partial charge in [0.1, 0.15) is 16.8 Å². The number of para-hydroxylation sites is 1. The molecule has 0 aliphatic heterocycles. The number of fused-ring (bicyclic) bond motifs is 3. The van der Waals surface area contributed by atoms with Gasteiger partial charge >= 0.3 is 5.97 Å². The SMILES string of the molecule is COC(=O)c1ccccc1NC(=O)CSc1nc2c3cc(OC)ccc3n(C)c2c(=O)n1C. The number of nitrogens with zero attached hydrogens (tertiary/aromatic N) is 3. The van der Waals surface area contributed by atoms with Crippen LogP contribution in [-0.4, -0.2) is 46.0 Å². The topological polar surface area (TPSA) is 104 Å². The van der Waals surface area contributed by atoms with Crippen LogP contribution in [0.15, 0.2) is 52.4 Å². The third kappa shape index (κ3) is 4.05. The standard InChI is InChI=1S/C23H22N4O5S/c1-26-17-10-9-13(31-3)11-15(17)19-20(26)21(29)27(2)23(25-19)33-12-18(28)24-16-8-6-5-7-14(16)22(30)32-4/h5-11H,12H2,1-4H3,(H,24,28). The monoisotopic (exact) mass is 466 g/mol. The lowest BCUT2D eigenvalue weighted by molar-refractivity contribution is -0.113. The van der Waals surface area contributed by atoms with E-state index in [9.17, 15) is 14.4 Å². The van der Waals surface area contributed by atoms with Crippen molar-refractivity contribution in [3.8, 4) is 5.75 Å². The first-order valence-electron chi connectivity index (χ1n) is 9.98. The Morgan fingerprint density at radius 3 is 2.58 bits per heavy atom. The number of amides is 1. The highest BCUT2D eigenvalue weighted by molar-refractivity contribution is 7.99. The molecule has 1 N–H and O–H groups in total. The molecule has 4 rings (SSSR count). The van der Waals surface area contributed by atoms with Crippen molar-refractivity contribution in [3.05, 3.63) is 58.4 Å². The number of carbonyl (C=O) groups is 2. The molecule has 0 fully saturated rings. The number of nitrogens with one attached hydrogen (secondary N) is 1. The third-order valence-corrected chi connectivity index (χ3v) is 6.35. The van der Waals surface area contributed by atoms with Gasteiger partial charge in [0.25, 0.3) is 5.56 Å². The number of carbonyl (C=O) groups excluding carboxylic acids is 2. The summed E-state index contributed by atoms with van der Waals surface area (Å²) in [5.74, 6) is -0.227. The van der Waals surface area contributed by atoms with Crippen molar-refractivity contribution in [1.82, 2.24) is 14.1 Å². The van der Waals surface area contributed by atoms with Crippen molar-refractivity contribution < 1.29 is 19.1 Å². The van der Waals surface area contributed by atoms with Crippen LogP contribution in [0, 0.1) is 0 Å². The average Bonchev–Trinajstić information content (AvgIpc) is 3.11. The fraction of sp³-hybridized carbons (Fsp3) is 0.217. The summed E-state index contributed by atoms with van der Waals surface area (Å²) in [7, 11) is 6.30. The van der Waals surface area contributed by atoms with Crippen molar-refractivity contribution >= 4 is 51.3 Å². The van der Waals surface area contributed by atoms with Crippen LogP contribution in [0.2, 0.25) is 0 Å². The molecule has 0 bridgehead atoms. The van der Waals surface area contributed by atoms with Crippen LogP contribution in [-0.2, 0) is 23.6 Å². The van der Waals surface area contributed by atoms with Gasteiger partial charge in [0.2, 0.25) is 5.91 Å². The van der Waals surface area contributed by atoms with E-state index in [-0.39, 0.29) is 22.8 Å². The van der Waals surface area contributed by atoms with E-state index in [0.717, 1.165) is 22.7 Å². The smallest absolute Gasteiger partial charge is 0.339 e. The van der Waals surface area contributed by atoms with E-state index < -0.39 is 5.97 Å². The molecule has 0 saturated heterocycles. The maximum absolute atomic E-state index is 13.1. The molecular weight excluding hydrogens is 444 g/mol. The summed E-state index contributed by atoms with van der Waals surface area (Å²) in [6.07, 6.45) is 0. The van der Waals surface area contributed by atoms with Crippen molar-refractivity contribution in [3.63, 3.8) is 0 Å². The zero-order chi connectivity index (χ0) is 23.7. The molecule has 10 heteroatoms. The Bertz CT molecular complexity index is 1460. The van der Waals surface area contributed by atoms with Gasteiger partial charge in [0.15, 0.2) is 5.16 Å². The summed E-state index contributed by atoms with van der Waals surface area (Å²) in [6.45, 7) is 0. The molecule has 9 nitrogen and oxygen atoms in total. The molecule has 2 aromatic heterocycles. The van der Waals surface area contributed by atoms with Gasteiger partial charge in [-0.05, 0) is 30.3 Å². The van der Waals surface area contributed by atoms with E-state index in [1.54, 1.807) is 38.4 Å². The van der Waals surface area contributed by atoms with E-state index in [4.69, 9.17) is 14.5 Å². The van der Waals surface area contributed by atoms with Crippen LogP contribution in [0.4, 0.5) is 5.69 Å². The molecule has 1 amide bonds. The number of ether oxygens (including phenoxy) is 2. The Hall–Kier alpha value is -3.79. The molecular formula is C23H22N4O5S. The van der Waals surface area contributed by atoms with Gasteiger partial charge in [0.05, 0.1) is 36.7 Å². The lowest BCUT2D eigenvalue weighted by Crippen LogP contribution is -2.23. The number of hydrogen-bond acceptors (Lipinski definition) is 7. The van der Waals surface area contributed by atoms with Gasteiger partial charge in [-0.3, -0.25) is 14.2 Å². The molecule has 0 atom stereocenters. The molecule has 33 heavy (non-hydrogen) atoms. The van der Waals surface area contributed by atoms with E-state index in [0.29, 0.717) is 27.6 Å². The number of methoxy groups -OCH3 is 2. The van der Waals surface area contributed by atoms with Crippen LogP contribution in [0.3, 0.4) is 0 Å². The molecule has 170 valence electrons. The van der Waals surface area contributed by atoms with E-state index in [1.807, 2.05) is 29.8 Å². The zero-order valence-corrected chi connectivity index (χ0v) is 19.4. The summed E-state index contributed by atoms with van der Waals surface area (Å²) in [5.41, 5.74) is 2.28. The van der Waals surface area contributed by atoms with Crippen LogP contribution in [0.1, 0.15) is 10.4 Å². The predicted molar refractivity (Wildman–Crippen MR) is 127 cm³/mol. The molecule has 0 radical (unpaired) electrons. The molecule has 2 heterocycles. The summed E-state index contributed by atoms with van der Waals surface area (Å²) >= 11 is 1.13. The highest BCUT2D eigenvalue weighted by atomic mass is 32.2. The minimum absolute atomic E-state index is 0.00458. The maximum atomic E-state index is 13.1. The number of rotatable bonds is 6. The van der Waals surface area contributed by atoms with Gasteiger partial charge in [-0.15, -0.1) is 0 Å². The second-order valence-corrected chi connectivity index (χ2v) is 8.21. The summed E-state index contributed by atoms with van der Waals surface area (Å²) in [6, 6.07) is 12.1. The predicted octanol–water partition coefficient (Wildman–Crippen LogP) is 2.95. The van der Waals surface area contributed by atoms with Gasteiger partial charge in [-0.2, -0.15) is 0 Å². The molecule has 0 spiro atoms. The number of benzene rings is 2. The maximum Gasteiger partial charge on any atom is 0.339 e. The third-order valence-electron chi connectivity index (χ3n) is 5.32. The Morgan fingerprint density at radius 2 is 1.85 bits per heavy atom. The van der Waals surface area contributed by atoms with E-state index in [2.05, 4.69) is 5.32 Å². The van der Waals surface area contributed by atoms with Gasteiger partial charge < -0.3 is 19.4 Å². The second kappa shape index (κ2) is 8.99. The van der Waals surface area contributed by atoms with E-state index in [1.165, 1.54) is 11.7 Å². The van der Waals surface area contributed by atoms with E-state index >= 15 is 0 Å². The zero-order valence-electron chi connectivity index (χ0n) is 18.5. The first kappa shape index (κ1) is 22.4. The summed E-state index contributed by atoms with van der Waals surface area (Å²) < 4.78 is 13.3.